The molecule has 0 spiro atoms. The molecule has 0 bridgehead atoms. The van der Waals surface area contributed by atoms with Gasteiger partial charge in [0.05, 0.1) is 0 Å². The maximum absolute atomic E-state index is 5.79. The number of hydrogen-bond donors (Lipinski definition) is 2. The van der Waals surface area contributed by atoms with Gasteiger partial charge in [0.25, 0.3) is 0 Å². The molecule has 0 atom stereocenters. The number of nitrogens with zero attached hydrogens (tertiary/aromatic N) is 1. The number of halogens is 1. The minimum Gasteiger partial charge on any atom is -0.389 e. The van der Waals surface area contributed by atoms with E-state index in [-0.39, 0.29) is 5.54 Å². The summed E-state index contributed by atoms with van der Waals surface area (Å²) in [6, 6.07) is 6.00. The zero-order chi connectivity index (χ0) is 14.0. The molecule has 0 saturated heterocycles. The molecule has 0 amide bonds. The van der Waals surface area contributed by atoms with Gasteiger partial charge in [0.1, 0.15) is 4.99 Å². The second-order valence-corrected chi connectivity index (χ2v) is 6.74. The van der Waals surface area contributed by atoms with Crippen LogP contribution in [0.2, 0.25) is 0 Å². The van der Waals surface area contributed by atoms with Crippen molar-refractivity contribution in [2.75, 3.05) is 26.0 Å². The van der Waals surface area contributed by atoms with Crippen molar-refractivity contribution in [2.45, 2.75) is 24.8 Å². The van der Waals surface area contributed by atoms with E-state index in [1.54, 1.807) is 0 Å². The quantitative estimate of drug-likeness (QED) is 0.808. The Morgan fingerprint density at radius 2 is 2.16 bits per heavy atom. The standard InChI is InChI=1S/C14H20BrN3S/c1-18(2)14(6-3-7-14)9-17-12-5-4-10(15)8-11(12)13(16)19/h4-5,8,17H,3,6-7,9H2,1-2H3,(H2,16,19). The maximum Gasteiger partial charge on any atom is 0.106 e. The summed E-state index contributed by atoms with van der Waals surface area (Å²) in [7, 11) is 4.30. The maximum atomic E-state index is 5.79. The molecule has 3 nitrogen and oxygen atoms in total. The van der Waals surface area contributed by atoms with Gasteiger partial charge in [-0.1, -0.05) is 28.1 Å². The molecular formula is C14H20BrN3S. The van der Waals surface area contributed by atoms with Crippen LogP contribution in [0, 0.1) is 0 Å². The van der Waals surface area contributed by atoms with Crippen LogP contribution in [0.4, 0.5) is 5.69 Å². The summed E-state index contributed by atoms with van der Waals surface area (Å²) in [4.78, 5) is 2.75. The Morgan fingerprint density at radius 1 is 1.47 bits per heavy atom. The summed E-state index contributed by atoms with van der Waals surface area (Å²) in [6.07, 6.45) is 3.79. The highest BCUT2D eigenvalue weighted by Gasteiger charge is 2.38. The lowest BCUT2D eigenvalue weighted by Gasteiger charge is -2.47. The molecular weight excluding hydrogens is 322 g/mol. The first-order valence-electron chi connectivity index (χ1n) is 6.45. The SMILES string of the molecule is CN(C)C1(CNc2ccc(Br)cc2C(N)=S)CCC1. The highest BCUT2D eigenvalue weighted by Crippen LogP contribution is 2.36. The van der Waals surface area contributed by atoms with E-state index in [9.17, 15) is 0 Å². The molecule has 3 N–H and O–H groups in total. The van der Waals surface area contributed by atoms with Crippen LogP contribution in [0.3, 0.4) is 0 Å². The number of likely N-dealkylation sites (N-methyl/N-ethyl adjacent to an activating group) is 1. The van der Waals surface area contributed by atoms with Crippen molar-refractivity contribution in [3.05, 3.63) is 28.2 Å². The Balaban J connectivity index is 2.13. The van der Waals surface area contributed by atoms with Crippen molar-refractivity contribution in [2.24, 2.45) is 5.73 Å². The van der Waals surface area contributed by atoms with Crippen LogP contribution in [0.15, 0.2) is 22.7 Å². The van der Waals surface area contributed by atoms with E-state index in [4.69, 9.17) is 18.0 Å². The molecule has 1 aromatic rings. The fraction of sp³-hybridized carbons (Fsp3) is 0.500. The number of nitrogens with two attached hydrogens (primary N) is 1. The van der Waals surface area contributed by atoms with Gasteiger partial charge in [-0.2, -0.15) is 0 Å². The predicted octanol–water partition coefficient (Wildman–Crippen LogP) is 2.98. The summed E-state index contributed by atoms with van der Waals surface area (Å²) in [6.45, 7) is 0.928. The highest BCUT2D eigenvalue weighted by atomic mass is 79.9. The van der Waals surface area contributed by atoms with Crippen LogP contribution >= 0.6 is 28.1 Å². The smallest absolute Gasteiger partial charge is 0.106 e. The van der Waals surface area contributed by atoms with Gasteiger partial charge >= 0.3 is 0 Å². The van der Waals surface area contributed by atoms with Gasteiger partial charge in [-0.25, -0.2) is 0 Å². The van der Waals surface area contributed by atoms with E-state index < -0.39 is 0 Å². The van der Waals surface area contributed by atoms with Crippen molar-refractivity contribution in [3.63, 3.8) is 0 Å². The normalized spacial score (nSPS) is 17.1. The van der Waals surface area contributed by atoms with Crippen molar-refractivity contribution in [3.8, 4) is 0 Å². The van der Waals surface area contributed by atoms with Gasteiger partial charge in [-0.05, 0) is 51.6 Å². The predicted molar refractivity (Wildman–Crippen MR) is 88.8 cm³/mol. The van der Waals surface area contributed by atoms with E-state index in [1.807, 2.05) is 18.2 Å². The van der Waals surface area contributed by atoms with Gasteiger partial charge in [0.2, 0.25) is 0 Å². The average molecular weight is 342 g/mol. The Hall–Kier alpha value is -0.650. The van der Waals surface area contributed by atoms with E-state index >= 15 is 0 Å². The lowest BCUT2D eigenvalue weighted by atomic mass is 9.75. The van der Waals surface area contributed by atoms with Crippen LogP contribution in [0.5, 0.6) is 0 Å². The zero-order valence-electron chi connectivity index (χ0n) is 11.4. The Morgan fingerprint density at radius 3 is 2.63 bits per heavy atom. The third-order valence-corrected chi connectivity index (χ3v) is 4.80. The van der Waals surface area contributed by atoms with E-state index in [0.717, 1.165) is 22.3 Å². The molecule has 1 fully saturated rings. The lowest BCUT2D eigenvalue weighted by molar-refractivity contribution is 0.0739. The first-order valence-corrected chi connectivity index (χ1v) is 7.65. The minimum atomic E-state index is 0.278. The van der Waals surface area contributed by atoms with Gasteiger partial charge in [0, 0.05) is 27.8 Å². The molecule has 1 aromatic carbocycles. The summed E-state index contributed by atoms with van der Waals surface area (Å²) < 4.78 is 0.992. The third-order valence-electron chi connectivity index (χ3n) is 4.09. The summed E-state index contributed by atoms with van der Waals surface area (Å²) >= 11 is 8.57. The molecule has 1 aliphatic rings. The van der Waals surface area contributed by atoms with Gasteiger partial charge in [0.15, 0.2) is 0 Å². The summed E-state index contributed by atoms with van der Waals surface area (Å²) in [5.74, 6) is 0. The molecule has 104 valence electrons. The molecule has 0 aliphatic heterocycles. The Kier molecular flexibility index (Phi) is 4.48. The topological polar surface area (TPSA) is 41.3 Å². The molecule has 0 unspecified atom stereocenters. The van der Waals surface area contributed by atoms with Gasteiger partial charge in [-0.15, -0.1) is 0 Å². The number of nitrogens with one attached hydrogen (secondary N) is 1. The molecule has 1 saturated carbocycles. The number of thiocarbonyl (C=S) groups is 1. The average Bonchev–Trinajstić information content (AvgIpc) is 2.28. The van der Waals surface area contributed by atoms with Crippen LogP contribution in [-0.4, -0.2) is 36.1 Å². The van der Waals surface area contributed by atoms with Gasteiger partial charge in [-0.3, -0.25) is 0 Å². The number of rotatable bonds is 5. The van der Waals surface area contributed by atoms with Crippen molar-refractivity contribution in [1.82, 2.24) is 4.90 Å². The fourth-order valence-corrected chi connectivity index (χ4v) is 3.03. The minimum absolute atomic E-state index is 0.278. The first kappa shape index (κ1) is 14.8. The highest BCUT2D eigenvalue weighted by molar-refractivity contribution is 9.10. The monoisotopic (exact) mass is 341 g/mol. The van der Waals surface area contributed by atoms with Crippen LogP contribution in [0.25, 0.3) is 0 Å². The summed E-state index contributed by atoms with van der Waals surface area (Å²) in [5, 5.41) is 3.52. The molecule has 0 aromatic heterocycles. The van der Waals surface area contributed by atoms with Gasteiger partial charge < -0.3 is 16.0 Å². The van der Waals surface area contributed by atoms with Crippen LogP contribution in [0.1, 0.15) is 24.8 Å². The molecule has 0 radical (unpaired) electrons. The van der Waals surface area contributed by atoms with E-state index in [2.05, 4.69) is 40.2 Å². The summed E-state index contributed by atoms with van der Waals surface area (Å²) in [5.41, 5.74) is 7.99. The fourth-order valence-electron chi connectivity index (χ4n) is 2.50. The van der Waals surface area contributed by atoms with Crippen molar-refractivity contribution in [1.29, 1.82) is 0 Å². The zero-order valence-corrected chi connectivity index (χ0v) is 13.8. The van der Waals surface area contributed by atoms with Crippen LogP contribution < -0.4 is 11.1 Å². The molecule has 2 rings (SSSR count). The third kappa shape index (κ3) is 3.09. The first-order chi connectivity index (χ1) is 8.94. The number of hydrogen-bond acceptors (Lipinski definition) is 3. The van der Waals surface area contributed by atoms with E-state index in [0.29, 0.717) is 4.99 Å². The Labute approximate surface area is 128 Å². The van der Waals surface area contributed by atoms with E-state index in [1.165, 1.54) is 19.3 Å². The second-order valence-electron chi connectivity index (χ2n) is 5.38. The number of benzene rings is 1. The molecule has 0 heterocycles. The number of anilines is 1. The Bertz CT molecular complexity index is 484. The largest absolute Gasteiger partial charge is 0.389 e. The molecule has 5 heteroatoms. The lowest BCUT2D eigenvalue weighted by Crippen LogP contribution is -2.54. The molecule has 1 aliphatic carbocycles. The second kappa shape index (κ2) is 5.77. The van der Waals surface area contributed by atoms with Crippen LogP contribution in [-0.2, 0) is 0 Å². The molecule has 19 heavy (non-hydrogen) atoms. The van der Waals surface area contributed by atoms with Crippen molar-refractivity contribution < 1.29 is 0 Å². The van der Waals surface area contributed by atoms with Crippen molar-refractivity contribution >= 4 is 38.8 Å².